The molecule has 0 heterocycles. The number of benzene rings is 1. The standard InChI is InChI=1S/C12H18N2O2/c1-9(6-7-15)8-16-11-4-2-10(3-5-11)12(13)14/h2-5,9,15H,6-8H2,1H3,(H3,13,14). The van der Waals surface area contributed by atoms with E-state index >= 15 is 0 Å². The van der Waals surface area contributed by atoms with E-state index < -0.39 is 0 Å². The van der Waals surface area contributed by atoms with Crippen LogP contribution in [0.15, 0.2) is 24.3 Å². The average molecular weight is 222 g/mol. The van der Waals surface area contributed by atoms with E-state index in [1.165, 1.54) is 0 Å². The summed E-state index contributed by atoms with van der Waals surface area (Å²) in [6, 6.07) is 7.10. The minimum Gasteiger partial charge on any atom is -0.493 e. The smallest absolute Gasteiger partial charge is 0.122 e. The third-order valence-corrected chi connectivity index (χ3v) is 2.32. The molecule has 0 saturated heterocycles. The fourth-order valence-corrected chi connectivity index (χ4v) is 1.27. The molecule has 88 valence electrons. The van der Waals surface area contributed by atoms with E-state index in [0.717, 1.165) is 12.2 Å². The van der Waals surface area contributed by atoms with Gasteiger partial charge in [-0.2, -0.15) is 0 Å². The van der Waals surface area contributed by atoms with Gasteiger partial charge in [-0.05, 0) is 36.6 Å². The summed E-state index contributed by atoms with van der Waals surface area (Å²) in [4.78, 5) is 0. The normalized spacial score (nSPS) is 12.1. The maximum absolute atomic E-state index is 8.74. The van der Waals surface area contributed by atoms with Crippen molar-refractivity contribution in [1.82, 2.24) is 0 Å². The molecule has 1 aromatic rings. The van der Waals surface area contributed by atoms with E-state index in [4.69, 9.17) is 21.0 Å². The largest absolute Gasteiger partial charge is 0.493 e. The van der Waals surface area contributed by atoms with Crippen molar-refractivity contribution in [3.8, 4) is 5.75 Å². The first-order valence-corrected chi connectivity index (χ1v) is 5.31. The predicted molar refractivity (Wildman–Crippen MR) is 63.8 cm³/mol. The molecule has 0 fully saturated rings. The number of nitrogens with two attached hydrogens (primary N) is 1. The van der Waals surface area contributed by atoms with Crippen molar-refractivity contribution in [3.63, 3.8) is 0 Å². The van der Waals surface area contributed by atoms with Crippen LogP contribution in [0, 0.1) is 11.3 Å². The second-order valence-corrected chi connectivity index (χ2v) is 3.87. The SMILES string of the molecule is CC(CCO)COc1ccc(C(=N)N)cc1. The molecule has 0 aromatic heterocycles. The van der Waals surface area contributed by atoms with Crippen molar-refractivity contribution in [2.75, 3.05) is 13.2 Å². The highest BCUT2D eigenvalue weighted by Gasteiger charge is 2.03. The zero-order valence-electron chi connectivity index (χ0n) is 9.44. The average Bonchev–Trinajstić information content (AvgIpc) is 2.27. The fourth-order valence-electron chi connectivity index (χ4n) is 1.27. The molecule has 1 atom stereocenters. The highest BCUT2D eigenvalue weighted by atomic mass is 16.5. The van der Waals surface area contributed by atoms with E-state index in [2.05, 4.69) is 0 Å². The summed E-state index contributed by atoms with van der Waals surface area (Å²) in [6.45, 7) is 2.80. The first-order valence-electron chi connectivity index (χ1n) is 5.31. The molecule has 0 aliphatic rings. The van der Waals surface area contributed by atoms with Gasteiger partial charge in [-0.1, -0.05) is 6.92 Å². The van der Waals surface area contributed by atoms with E-state index in [1.807, 2.05) is 6.92 Å². The molecule has 0 bridgehead atoms. The Morgan fingerprint density at radius 3 is 2.56 bits per heavy atom. The number of aliphatic hydroxyl groups excluding tert-OH is 1. The van der Waals surface area contributed by atoms with Crippen molar-refractivity contribution in [3.05, 3.63) is 29.8 Å². The van der Waals surface area contributed by atoms with Crippen molar-refractivity contribution in [2.45, 2.75) is 13.3 Å². The first-order chi connectivity index (χ1) is 7.63. The van der Waals surface area contributed by atoms with Gasteiger partial charge in [0.2, 0.25) is 0 Å². The first kappa shape index (κ1) is 12.5. The fraction of sp³-hybridized carbons (Fsp3) is 0.417. The Hall–Kier alpha value is -1.55. The zero-order valence-corrected chi connectivity index (χ0v) is 9.44. The lowest BCUT2D eigenvalue weighted by atomic mass is 10.1. The highest BCUT2D eigenvalue weighted by molar-refractivity contribution is 5.94. The van der Waals surface area contributed by atoms with Crippen LogP contribution >= 0.6 is 0 Å². The van der Waals surface area contributed by atoms with Crippen molar-refractivity contribution < 1.29 is 9.84 Å². The van der Waals surface area contributed by atoms with Gasteiger partial charge in [0.25, 0.3) is 0 Å². The molecule has 4 N–H and O–H groups in total. The number of nitrogens with one attached hydrogen (secondary N) is 1. The van der Waals surface area contributed by atoms with E-state index in [-0.39, 0.29) is 12.4 Å². The topological polar surface area (TPSA) is 79.3 Å². The lowest BCUT2D eigenvalue weighted by Crippen LogP contribution is -2.12. The number of nitrogen functional groups attached to an aromatic ring is 1. The number of ether oxygens (including phenoxy) is 1. The lowest BCUT2D eigenvalue weighted by molar-refractivity contribution is 0.208. The Morgan fingerprint density at radius 1 is 1.44 bits per heavy atom. The maximum Gasteiger partial charge on any atom is 0.122 e. The van der Waals surface area contributed by atoms with Crippen LogP contribution in [0.4, 0.5) is 0 Å². The lowest BCUT2D eigenvalue weighted by Gasteiger charge is -2.11. The second-order valence-electron chi connectivity index (χ2n) is 3.87. The van der Waals surface area contributed by atoms with Crippen LogP contribution in [0.1, 0.15) is 18.9 Å². The third-order valence-electron chi connectivity index (χ3n) is 2.32. The van der Waals surface area contributed by atoms with Crippen LogP contribution in [0.3, 0.4) is 0 Å². The van der Waals surface area contributed by atoms with Gasteiger partial charge < -0.3 is 15.6 Å². The molecule has 1 rings (SSSR count). The molecular formula is C12H18N2O2. The number of hydrogen-bond donors (Lipinski definition) is 3. The minimum atomic E-state index is 0.0557. The summed E-state index contributed by atoms with van der Waals surface area (Å²) in [5.41, 5.74) is 6.03. The number of rotatable bonds is 6. The monoisotopic (exact) mass is 222 g/mol. The molecular weight excluding hydrogens is 204 g/mol. The Bertz CT molecular complexity index is 335. The van der Waals surface area contributed by atoms with Crippen LogP contribution in [-0.2, 0) is 0 Å². The Kier molecular flexibility index (Phi) is 4.79. The highest BCUT2D eigenvalue weighted by Crippen LogP contribution is 2.13. The number of amidine groups is 1. The molecule has 4 heteroatoms. The summed E-state index contributed by atoms with van der Waals surface area (Å²) in [6.07, 6.45) is 0.742. The molecule has 0 saturated carbocycles. The molecule has 16 heavy (non-hydrogen) atoms. The molecule has 0 spiro atoms. The number of hydrogen-bond acceptors (Lipinski definition) is 3. The van der Waals surface area contributed by atoms with Gasteiger partial charge in [-0.15, -0.1) is 0 Å². The van der Waals surface area contributed by atoms with Crippen molar-refractivity contribution in [1.29, 1.82) is 5.41 Å². The molecule has 0 aliphatic heterocycles. The Balaban J connectivity index is 2.46. The maximum atomic E-state index is 8.74. The quantitative estimate of drug-likeness (QED) is 0.502. The molecule has 1 unspecified atom stereocenters. The van der Waals surface area contributed by atoms with E-state index in [9.17, 15) is 0 Å². The number of aliphatic hydroxyl groups is 1. The van der Waals surface area contributed by atoms with Gasteiger partial charge in [0.1, 0.15) is 11.6 Å². The molecule has 0 radical (unpaired) electrons. The van der Waals surface area contributed by atoms with Gasteiger partial charge in [0.05, 0.1) is 6.61 Å². The van der Waals surface area contributed by atoms with Crippen LogP contribution in [0.2, 0.25) is 0 Å². The Morgan fingerprint density at radius 2 is 2.06 bits per heavy atom. The van der Waals surface area contributed by atoms with E-state index in [1.54, 1.807) is 24.3 Å². The Labute approximate surface area is 95.6 Å². The summed E-state index contributed by atoms with van der Waals surface area (Å²) in [7, 11) is 0. The summed E-state index contributed by atoms with van der Waals surface area (Å²) < 4.78 is 5.53. The molecule has 1 aromatic carbocycles. The van der Waals surface area contributed by atoms with Gasteiger partial charge in [0, 0.05) is 12.2 Å². The minimum absolute atomic E-state index is 0.0557. The summed E-state index contributed by atoms with van der Waals surface area (Å²) in [5.74, 6) is 1.15. The molecule has 0 amide bonds. The van der Waals surface area contributed by atoms with Gasteiger partial charge in [-0.3, -0.25) is 5.41 Å². The summed E-state index contributed by atoms with van der Waals surface area (Å²) >= 11 is 0. The van der Waals surface area contributed by atoms with Crippen LogP contribution in [-0.4, -0.2) is 24.2 Å². The molecule has 0 aliphatic carbocycles. The molecule has 4 nitrogen and oxygen atoms in total. The third kappa shape index (κ3) is 3.90. The van der Waals surface area contributed by atoms with Crippen LogP contribution in [0.25, 0.3) is 0 Å². The van der Waals surface area contributed by atoms with Crippen LogP contribution in [0.5, 0.6) is 5.75 Å². The summed E-state index contributed by atoms with van der Waals surface area (Å²) in [5, 5.41) is 16.0. The van der Waals surface area contributed by atoms with Crippen LogP contribution < -0.4 is 10.5 Å². The van der Waals surface area contributed by atoms with Gasteiger partial charge >= 0.3 is 0 Å². The van der Waals surface area contributed by atoms with Crippen molar-refractivity contribution >= 4 is 5.84 Å². The van der Waals surface area contributed by atoms with Gasteiger partial charge in [-0.25, -0.2) is 0 Å². The van der Waals surface area contributed by atoms with E-state index in [0.29, 0.717) is 18.1 Å². The predicted octanol–water partition coefficient (Wildman–Crippen LogP) is 1.37. The van der Waals surface area contributed by atoms with Crippen molar-refractivity contribution in [2.24, 2.45) is 11.7 Å². The second kappa shape index (κ2) is 6.12. The zero-order chi connectivity index (χ0) is 12.0. The van der Waals surface area contributed by atoms with Gasteiger partial charge in [0.15, 0.2) is 0 Å².